The highest BCUT2D eigenvalue weighted by atomic mass is 16.5. The van der Waals surface area contributed by atoms with Crippen LogP contribution in [0.2, 0.25) is 0 Å². The first-order chi connectivity index (χ1) is 9.69. The van der Waals surface area contributed by atoms with E-state index in [-0.39, 0.29) is 11.8 Å². The van der Waals surface area contributed by atoms with Crippen LogP contribution in [0.4, 0.5) is 11.6 Å². The van der Waals surface area contributed by atoms with E-state index in [1.807, 2.05) is 6.92 Å². The average Bonchev–Trinajstić information content (AvgIpc) is 3.25. The van der Waals surface area contributed by atoms with Gasteiger partial charge in [-0.1, -0.05) is 0 Å². The minimum Gasteiger partial charge on any atom is -0.384 e. The molecule has 1 aliphatic carbocycles. The number of nitrogens with zero attached hydrogens (tertiary/aromatic N) is 2. The summed E-state index contributed by atoms with van der Waals surface area (Å²) in [4.78, 5) is 19.8. The van der Waals surface area contributed by atoms with Crippen molar-refractivity contribution in [3.05, 3.63) is 11.9 Å². The summed E-state index contributed by atoms with van der Waals surface area (Å²) in [7, 11) is 0. The molecule has 0 aromatic carbocycles. The zero-order chi connectivity index (χ0) is 14.4. The van der Waals surface area contributed by atoms with Crippen LogP contribution in [0.3, 0.4) is 0 Å². The van der Waals surface area contributed by atoms with E-state index in [2.05, 4.69) is 20.6 Å². The third-order valence-corrected chi connectivity index (χ3v) is 2.91. The Kier molecular flexibility index (Phi) is 5.11. The summed E-state index contributed by atoms with van der Waals surface area (Å²) in [6.45, 7) is 4.03. The van der Waals surface area contributed by atoms with Crippen molar-refractivity contribution in [2.45, 2.75) is 26.4 Å². The van der Waals surface area contributed by atoms with Gasteiger partial charge in [0.25, 0.3) is 0 Å². The van der Waals surface area contributed by atoms with E-state index in [9.17, 15) is 4.79 Å². The van der Waals surface area contributed by atoms with Gasteiger partial charge in [-0.25, -0.2) is 9.97 Å². The van der Waals surface area contributed by atoms with Crippen LogP contribution in [0, 0.1) is 5.92 Å². The van der Waals surface area contributed by atoms with E-state index in [4.69, 9.17) is 10.5 Å². The molecule has 7 heteroatoms. The van der Waals surface area contributed by atoms with Crippen molar-refractivity contribution < 1.29 is 9.53 Å². The quantitative estimate of drug-likeness (QED) is 0.600. The maximum atomic E-state index is 11.4. The number of amides is 1. The van der Waals surface area contributed by atoms with E-state index in [0.29, 0.717) is 43.8 Å². The van der Waals surface area contributed by atoms with Gasteiger partial charge in [0.1, 0.15) is 18.2 Å². The topological polar surface area (TPSA) is 102 Å². The number of nitrogens with one attached hydrogen (secondary N) is 2. The first-order valence-corrected chi connectivity index (χ1v) is 6.91. The molecule has 0 spiro atoms. The summed E-state index contributed by atoms with van der Waals surface area (Å²) in [6.07, 6.45) is 2.03. The number of anilines is 2. The molecule has 0 aliphatic heterocycles. The number of nitrogens with two attached hydrogens (primary N) is 1. The van der Waals surface area contributed by atoms with E-state index in [1.165, 1.54) is 0 Å². The standard InChI is InChI=1S/C13H21N5O2/c1-2-20-8-12-17-10(14)7-11(18-12)15-5-6-16-13(19)9-3-4-9/h7,9H,2-6,8H2,1H3,(H,16,19)(H3,14,15,17,18). The van der Waals surface area contributed by atoms with E-state index in [1.54, 1.807) is 6.07 Å². The van der Waals surface area contributed by atoms with Crippen molar-refractivity contribution in [2.24, 2.45) is 5.92 Å². The summed E-state index contributed by atoms with van der Waals surface area (Å²) in [6, 6.07) is 1.66. The molecule has 0 unspecified atom stereocenters. The fraction of sp³-hybridized carbons (Fsp3) is 0.615. The van der Waals surface area contributed by atoms with Crippen molar-refractivity contribution in [1.82, 2.24) is 15.3 Å². The molecule has 1 fully saturated rings. The Morgan fingerprint density at radius 3 is 2.95 bits per heavy atom. The van der Waals surface area contributed by atoms with Gasteiger partial charge in [0, 0.05) is 31.7 Å². The lowest BCUT2D eigenvalue weighted by Crippen LogP contribution is -2.30. The van der Waals surface area contributed by atoms with Crippen molar-refractivity contribution in [1.29, 1.82) is 0 Å². The summed E-state index contributed by atoms with van der Waals surface area (Å²) < 4.78 is 5.25. The largest absolute Gasteiger partial charge is 0.384 e. The zero-order valence-electron chi connectivity index (χ0n) is 11.7. The molecular formula is C13H21N5O2. The first kappa shape index (κ1) is 14.5. The van der Waals surface area contributed by atoms with E-state index < -0.39 is 0 Å². The number of carbonyl (C=O) groups is 1. The molecule has 2 rings (SSSR count). The smallest absolute Gasteiger partial charge is 0.223 e. The zero-order valence-corrected chi connectivity index (χ0v) is 11.7. The van der Waals surface area contributed by atoms with Crippen LogP contribution in [-0.4, -0.2) is 35.6 Å². The molecule has 7 nitrogen and oxygen atoms in total. The number of rotatable bonds is 8. The maximum absolute atomic E-state index is 11.4. The predicted molar refractivity (Wildman–Crippen MR) is 76.0 cm³/mol. The van der Waals surface area contributed by atoms with Gasteiger partial charge in [0.05, 0.1) is 0 Å². The maximum Gasteiger partial charge on any atom is 0.223 e. The van der Waals surface area contributed by atoms with Gasteiger partial charge >= 0.3 is 0 Å². The second kappa shape index (κ2) is 7.04. The predicted octanol–water partition coefficient (Wildman–Crippen LogP) is 0.533. The number of ether oxygens (including phenoxy) is 1. The third-order valence-electron chi connectivity index (χ3n) is 2.91. The lowest BCUT2D eigenvalue weighted by atomic mass is 10.4. The monoisotopic (exact) mass is 279 g/mol. The Morgan fingerprint density at radius 1 is 1.45 bits per heavy atom. The highest BCUT2D eigenvalue weighted by Crippen LogP contribution is 2.28. The Hall–Kier alpha value is -1.89. The second-order valence-electron chi connectivity index (χ2n) is 4.72. The van der Waals surface area contributed by atoms with Gasteiger partial charge < -0.3 is 21.1 Å². The Bertz CT molecular complexity index is 462. The highest BCUT2D eigenvalue weighted by molar-refractivity contribution is 5.80. The molecule has 0 bridgehead atoms. The Morgan fingerprint density at radius 2 is 2.25 bits per heavy atom. The second-order valence-corrected chi connectivity index (χ2v) is 4.72. The summed E-state index contributed by atoms with van der Waals surface area (Å²) in [5.41, 5.74) is 5.72. The van der Waals surface area contributed by atoms with Gasteiger partial charge in [0.15, 0.2) is 5.82 Å². The van der Waals surface area contributed by atoms with E-state index in [0.717, 1.165) is 12.8 Å². The number of hydrogen-bond acceptors (Lipinski definition) is 6. The molecule has 1 saturated carbocycles. The Balaban J connectivity index is 1.76. The number of aromatic nitrogens is 2. The van der Waals surface area contributed by atoms with Crippen LogP contribution >= 0.6 is 0 Å². The van der Waals surface area contributed by atoms with Crippen molar-refractivity contribution in [3.63, 3.8) is 0 Å². The summed E-state index contributed by atoms with van der Waals surface area (Å²) in [5, 5.41) is 5.99. The van der Waals surface area contributed by atoms with Gasteiger partial charge in [0.2, 0.25) is 5.91 Å². The fourth-order valence-electron chi connectivity index (χ4n) is 1.73. The normalized spacial score (nSPS) is 14.1. The van der Waals surface area contributed by atoms with Gasteiger partial charge in [-0.05, 0) is 19.8 Å². The van der Waals surface area contributed by atoms with Gasteiger partial charge in [-0.15, -0.1) is 0 Å². The molecule has 1 aromatic heterocycles. The fourth-order valence-corrected chi connectivity index (χ4v) is 1.73. The minimum atomic E-state index is 0.144. The van der Waals surface area contributed by atoms with Crippen LogP contribution in [0.15, 0.2) is 6.07 Å². The Labute approximate surface area is 118 Å². The van der Waals surface area contributed by atoms with E-state index >= 15 is 0 Å². The molecule has 0 radical (unpaired) electrons. The van der Waals surface area contributed by atoms with Crippen LogP contribution < -0.4 is 16.4 Å². The number of nitrogen functional groups attached to an aromatic ring is 1. The lowest BCUT2D eigenvalue weighted by Gasteiger charge is -2.09. The van der Waals surface area contributed by atoms with Crippen LogP contribution in [0.5, 0.6) is 0 Å². The number of carbonyl (C=O) groups excluding carboxylic acids is 1. The van der Waals surface area contributed by atoms with Crippen LogP contribution in [-0.2, 0) is 16.1 Å². The average molecular weight is 279 g/mol. The molecule has 0 saturated heterocycles. The van der Waals surface area contributed by atoms with Gasteiger partial charge in [-0.3, -0.25) is 4.79 Å². The SMILES string of the molecule is CCOCc1nc(N)cc(NCCNC(=O)C2CC2)n1. The highest BCUT2D eigenvalue weighted by Gasteiger charge is 2.28. The van der Waals surface area contributed by atoms with Crippen molar-refractivity contribution in [2.75, 3.05) is 30.7 Å². The molecule has 0 atom stereocenters. The molecule has 110 valence electrons. The molecule has 20 heavy (non-hydrogen) atoms. The molecule has 1 aromatic rings. The molecule has 1 aliphatic rings. The van der Waals surface area contributed by atoms with Crippen LogP contribution in [0.25, 0.3) is 0 Å². The lowest BCUT2D eigenvalue weighted by molar-refractivity contribution is -0.122. The summed E-state index contributed by atoms with van der Waals surface area (Å²) >= 11 is 0. The molecular weight excluding hydrogens is 258 g/mol. The van der Waals surface area contributed by atoms with Crippen molar-refractivity contribution in [3.8, 4) is 0 Å². The van der Waals surface area contributed by atoms with Crippen molar-refractivity contribution >= 4 is 17.5 Å². The minimum absolute atomic E-state index is 0.144. The molecule has 4 N–H and O–H groups in total. The third kappa shape index (κ3) is 4.65. The number of hydrogen-bond donors (Lipinski definition) is 3. The van der Waals surface area contributed by atoms with Gasteiger partial charge in [-0.2, -0.15) is 0 Å². The first-order valence-electron chi connectivity index (χ1n) is 6.91. The van der Waals surface area contributed by atoms with Crippen LogP contribution in [0.1, 0.15) is 25.6 Å². The molecule has 1 heterocycles. The summed E-state index contributed by atoms with van der Waals surface area (Å²) in [5.74, 6) is 1.98. The molecule has 1 amide bonds.